The lowest BCUT2D eigenvalue weighted by molar-refractivity contribution is -0.130. The van der Waals surface area contributed by atoms with Crippen molar-refractivity contribution in [2.24, 2.45) is 0 Å². The summed E-state index contributed by atoms with van der Waals surface area (Å²) in [4.78, 5) is 45.2. The summed E-state index contributed by atoms with van der Waals surface area (Å²) in [6.07, 6.45) is 6.16. The van der Waals surface area contributed by atoms with Crippen molar-refractivity contribution in [2.75, 3.05) is 26.8 Å². The van der Waals surface area contributed by atoms with Crippen LogP contribution >= 0.6 is 11.8 Å². The highest BCUT2D eigenvalue weighted by molar-refractivity contribution is 8.00. The summed E-state index contributed by atoms with van der Waals surface area (Å²) in [6.45, 7) is 4.51. The average Bonchev–Trinajstić information content (AvgIpc) is 3.19. The molecule has 0 radical (unpaired) electrons. The zero-order valence-electron chi connectivity index (χ0n) is 19.2. The number of carbonyl (C=O) groups is 2. The van der Waals surface area contributed by atoms with Crippen molar-refractivity contribution < 1.29 is 19.1 Å². The summed E-state index contributed by atoms with van der Waals surface area (Å²) in [6, 6.07) is 4.76. The van der Waals surface area contributed by atoms with Crippen LogP contribution in [0.2, 0.25) is 0 Å². The topological polar surface area (TPSA) is 90.7 Å². The Kier molecular flexibility index (Phi) is 7.70. The van der Waals surface area contributed by atoms with Crippen molar-refractivity contribution in [2.45, 2.75) is 68.5 Å². The molecule has 0 saturated carbocycles. The number of esters is 1. The van der Waals surface area contributed by atoms with Gasteiger partial charge >= 0.3 is 5.97 Å². The zero-order valence-corrected chi connectivity index (χ0v) is 20.1. The predicted octanol–water partition coefficient (Wildman–Crippen LogP) is 3.25. The first kappa shape index (κ1) is 23.8. The van der Waals surface area contributed by atoms with Crippen LogP contribution in [0.5, 0.6) is 0 Å². The van der Waals surface area contributed by atoms with Gasteiger partial charge in [0.15, 0.2) is 5.16 Å². The molecule has 1 aromatic heterocycles. The second-order valence-electron chi connectivity index (χ2n) is 8.67. The van der Waals surface area contributed by atoms with Crippen LogP contribution < -0.4 is 5.56 Å². The Morgan fingerprint density at radius 3 is 2.64 bits per heavy atom. The lowest BCUT2D eigenvalue weighted by Gasteiger charge is -2.24. The van der Waals surface area contributed by atoms with Gasteiger partial charge in [0, 0.05) is 19.7 Å². The minimum atomic E-state index is -0.485. The number of ether oxygens (including phenoxy) is 2. The van der Waals surface area contributed by atoms with Gasteiger partial charge in [-0.2, -0.15) is 0 Å². The molecule has 0 aliphatic carbocycles. The molecule has 2 fully saturated rings. The first-order chi connectivity index (χ1) is 16.0. The fraction of sp³-hybridized carbons (Fsp3) is 0.583. The van der Waals surface area contributed by atoms with Crippen molar-refractivity contribution in [3.05, 3.63) is 34.1 Å². The van der Waals surface area contributed by atoms with Crippen LogP contribution in [0.15, 0.2) is 28.2 Å². The number of hydrogen-bond donors (Lipinski definition) is 0. The van der Waals surface area contributed by atoms with E-state index in [9.17, 15) is 14.4 Å². The lowest BCUT2D eigenvalue weighted by Crippen LogP contribution is -2.38. The smallest absolute Gasteiger partial charge is 0.337 e. The summed E-state index contributed by atoms with van der Waals surface area (Å²) in [5, 5.41) is 0.518. The van der Waals surface area contributed by atoms with Crippen molar-refractivity contribution in [3.63, 3.8) is 0 Å². The van der Waals surface area contributed by atoms with E-state index in [1.165, 1.54) is 18.9 Å². The Hall–Kier alpha value is -2.39. The average molecular weight is 474 g/mol. The van der Waals surface area contributed by atoms with Gasteiger partial charge in [0.2, 0.25) is 5.91 Å². The van der Waals surface area contributed by atoms with E-state index in [0.29, 0.717) is 34.8 Å². The van der Waals surface area contributed by atoms with E-state index >= 15 is 0 Å². The molecule has 2 atom stereocenters. The van der Waals surface area contributed by atoms with Crippen molar-refractivity contribution >= 4 is 34.5 Å². The number of aromatic nitrogens is 2. The maximum Gasteiger partial charge on any atom is 0.337 e. The van der Waals surface area contributed by atoms with Gasteiger partial charge in [-0.3, -0.25) is 14.2 Å². The van der Waals surface area contributed by atoms with Gasteiger partial charge in [0.25, 0.3) is 5.56 Å². The number of amides is 1. The fourth-order valence-corrected chi connectivity index (χ4v) is 5.45. The van der Waals surface area contributed by atoms with Crippen LogP contribution in [0.3, 0.4) is 0 Å². The minimum Gasteiger partial charge on any atom is -0.465 e. The highest BCUT2D eigenvalue weighted by atomic mass is 32.2. The molecule has 0 bridgehead atoms. The lowest BCUT2D eigenvalue weighted by atomic mass is 10.1. The summed E-state index contributed by atoms with van der Waals surface area (Å²) in [5.41, 5.74) is 0.561. The molecule has 1 amide bonds. The third-order valence-electron chi connectivity index (χ3n) is 6.30. The molecule has 2 aliphatic heterocycles. The molecular weight excluding hydrogens is 442 g/mol. The van der Waals surface area contributed by atoms with Crippen LogP contribution in [-0.2, 0) is 20.8 Å². The van der Waals surface area contributed by atoms with Gasteiger partial charge < -0.3 is 14.4 Å². The van der Waals surface area contributed by atoms with Gasteiger partial charge in [-0.15, -0.1) is 0 Å². The molecule has 9 heteroatoms. The molecule has 2 saturated heterocycles. The molecule has 4 rings (SSSR count). The highest BCUT2D eigenvalue weighted by Gasteiger charge is 2.26. The normalized spacial score (nSPS) is 19.9. The summed E-state index contributed by atoms with van der Waals surface area (Å²) in [5.74, 6) is -0.413. The van der Waals surface area contributed by atoms with Gasteiger partial charge in [-0.1, -0.05) is 24.6 Å². The number of methoxy groups -OCH3 is 1. The van der Waals surface area contributed by atoms with E-state index in [1.54, 1.807) is 22.8 Å². The van der Waals surface area contributed by atoms with Crippen LogP contribution in [0.25, 0.3) is 10.9 Å². The molecule has 2 aliphatic rings. The monoisotopic (exact) mass is 473 g/mol. The maximum atomic E-state index is 13.4. The molecular formula is C24H31N3O5S. The van der Waals surface area contributed by atoms with E-state index in [-0.39, 0.29) is 22.8 Å². The van der Waals surface area contributed by atoms with Crippen LogP contribution in [0, 0.1) is 0 Å². The maximum absolute atomic E-state index is 13.4. The number of hydrogen-bond acceptors (Lipinski definition) is 7. The zero-order chi connectivity index (χ0) is 23.4. The third kappa shape index (κ3) is 5.41. The molecule has 0 spiro atoms. The molecule has 3 heterocycles. The summed E-state index contributed by atoms with van der Waals surface area (Å²) < 4.78 is 12.2. The van der Waals surface area contributed by atoms with Crippen molar-refractivity contribution in [3.8, 4) is 0 Å². The standard InChI is InChI=1S/C24H31N3O5S/c1-16(21(28)26-11-5-3-4-6-12-26)33-24-25-20-14-17(23(30)31-2)9-10-19(20)22(29)27(24)15-18-8-7-13-32-18/h9-10,14,16,18H,3-8,11-13,15H2,1-2H3/t16-,18+/m0/s1. The van der Waals surface area contributed by atoms with E-state index in [2.05, 4.69) is 0 Å². The predicted molar refractivity (Wildman–Crippen MR) is 127 cm³/mol. The minimum absolute atomic E-state index is 0.0488. The molecule has 8 nitrogen and oxygen atoms in total. The van der Waals surface area contributed by atoms with Crippen molar-refractivity contribution in [1.29, 1.82) is 0 Å². The Labute approximate surface area is 197 Å². The molecule has 1 aromatic carbocycles. The van der Waals surface area contributed by atoms with E-state index in [1.807, 2.05) is 11.8 Å². The van der Waals surface area contributed by atoms with Gasteiger partial charge in [-0.25, -0.2) is 9.78 Å². The van der Waals surface area contributed by atoms with E-state index in [0.717, 1.165) is 51.6 Å². The Morgan fingerprint density at radius 1 is 1.21 bits per heavy atom. The first-order valence-electron chi connectivity index (χ1n) is 11.7. The molecule has 0 N–H and O–H groups in total. The molecule has 0 unspecified atom stereocenters. The Bertz CT molecular complexity index is 1070. The largest absolute Gasteiger partial charge is 0.465 e. The summed E-state index contributed by atoms with van der Waals surface area (Å²) in [7, 11) is 1.32. The van der Waals surface area contributed by atoms with Crippen molar-refractivity contribution in [1.82, 2.24) is 14.5 Å². The second kappa shape index (κ2) is 10.7. The quantitative estimate of drug-likeness (QED) is 0.361. The fourth-order valence-electron chi connectivity index (χ4n) is 4.45. The number of nitrogens with zero attached hydrogens (tertiary/aromatic N) is 3. The van der Waals surface area contributed by atoms with Crippen LogP contribution in [0.1, 0.15) is 55.8 Å². The van der Waals surface area contributed by atoms with E-state index < -0.39 is 5.97 Å². The second-order valence-corrected chi connectivity index (χ2v) is 9.98. The van der Waals surface area contributed by atoms with Gasteiger partial charge in [0.1, 0.15) is 0 Å². The number of thioether (sulfide) groups is 1. The number of likely N-dealkylation sites (tertiary alicyclic amines) is 1. The van der Waals surface area contributed by atoms with Crippen LogP contribution in [0.4, 0.5) is 0 Å². The number of carbonyl (C=O) groups excluding carboxylic acids is 2. The summed E-state index contributed by atoms with van der Waals surface area (Å²) >= 11 is 1.30. The molecule has 33 heavy (non-hydrogen) atoms. The SMILES string of the molecule is COC(=O)c1ccc2c(=O)n(C[C@H]3CCCO3)c(S[C@@H](C)C(=O)N3CCCCCC3)nc2c1. The first-order valence-corrected chi connectivity index (χ1v) is 12.6. The molecule has 178 valence electrons. The molecule has 2 aromatic rings. The number of fused-ring (bicyclic) bond motifs is 1. The van der Waals surface area contributed by atoms with Gasteiger partial charge in [0.05, 0.1) is 41.5 Å². The third-order valence-corrected chi connectivity index (χ3v) is 7.38. The van der Waals surface area contributed by atoms with Crippen LogP contribution in [-0.4, -0.2) is 64.5 Å². The Balaban J connectivity index is 1.68. The Morgan fingerprint density at radius 2 is 1.97 bits per heavy atom. The number of benzene rings is 1. The highest BCUT2D eigenvalue weighted by Crippen LogP contribution is 2.26. The van der Waals surface area contributed by atoms with E-state index in [4.69, 9.17) is 14.5 Å². The van der Waals surface area contributed by atoms with Gasteiger partial charge in [-0.05, 0) is 50.8 Å². The number of rotatable bonds is 6.